The molecule has 2 rings (SSSR count). The number of nitrogens with zero attached hydrogens (tertiary/aromatic N) is 4. The van der Waals surface area contributed by atoms with Crippen LogP contribution >= 0.6 is 0 Å². The lowest BCUT2D eigenvalue weighted by atomic mass is 10.2. The van der Waals surface area contributed by atoms with E-state index >= 15 is 0 Å². The third-order valence-electron chi connectivity index (χ3n) is 2.47. The number of pyridine rings is 1. The lowest BCUT2D eigenvalue weighted by Gasteiger charge is -2.04. The van der Waals surface area contributed by atoms with Gasteiger partial charge in [0.15, 0.2) is 0 Å². The highest BCUT2D eigenvalue weighted by molar-refractivity contribution is 5.33. The van der Waals surface area contributed by atoms with Crippen LogP contribution in [0.1, 0.15) is 22.8 Å². The van der Waals surface area contributed by atoms with Gasteiger partial charge in [-0.15, -0.1) is 0 Å². The molecule has 1 N–H and O–H groups in total. The summed E-state index contributed by atoms with van der Waals surface area (Å²) in [6.45, 7) is 3.06. The van der Waals surface area contributed by atoms with Crippen LogP contribution in [0.4, 0.5) is 0 Å². The molecule has 0 saturated carbocycles. The van der Waals surface area contributed by atoms with Gasteiger partial charge in [0, 0.05) is 18.9 Å². The van der Waals surface area contributed by atoms with Gasteiger partial charge in [-0.05, 0) is 25.1 Å². The van der Waals surface area contributed by atoms with E-state index in [0.717, 1.165) is 17.2 Å². The second kappa shape index (κ2) is 5.84. The molecule has 5 heteroatoms. The van der Waals surface area contributed by atoms with E-state index in [1.807, 2.05) is 13.0 Å². The first-order valence-corrected chi connectivity index (χ1v) is 5.63. The van der Waals surface area contributed by atoms with Crippen molar-refractivity contribution in [2.75, 3.05) is 0 Å². The Morgan fingerprint density at radius 2 is 2.00 bits per heavy atom. The van der Waals surface area contributed by atoms with E-state index in [9.17, 15) is 0 Å². The molecule has 5 nitrogen and oxygen atoms in total. The van der Waals surface area contributed by atoms with Crippen molar-refractivity contribution in [2.45, 2.75) is 20.0 Å². The highest BCUT2D eigenvalue weighted by Crippen LogP contribution is 2.05. The molecule has 0 aliphatic heterocycles. The number of hydrogen-bond acceptors (Lipinski definition) is 5. The second-order valence-electron chi connectivity index (χ2n) is 3.82. The molecular formula is C13H13N5. The number of hydrogen-bond donors (Lipinski definition) is 1. The quantitative estimate of drug-likeness (QED) is 0.871. The van der Waals surface area contributed by atoms with E-state index in [0.29, 0.717) is 18.7 Å². The van der Waals surface area contributed by atoms with Crippen LogP contribution in [0.3, 0.4) is 0 Å². The summed E-state index contributed by atoms with van der Waals surface area (Å²) in [5.41, 5.74) is 2.28. The van der Waals surface area contributed by atoms with E-state index in [4.69, 9.17) is 5.26 Å². The molecule has 90 valence electrons. The topological polar surface area (TPSA) is 74.5 Å². The van der Waals surface area contributed by atoms with Crippen LogP contribution in [0.5, 0.6) is 0 Å². The number of aryl methyl sites for hydroxylation is 1. The Balaban J connectivity index is 1.91. The fourth-order valence-corrected chi connectivity index (χ4v) is 1.55. The van der Waals surface area contributed by atoms with Gasteiger partial charge in [0.25, 0.3) is 0 Å². The maximum absolute atomic E-state index is 8.81. The average molecular weight is 239 g/mol. The van der Waals surface area contributed by atoms with Crippen LogP contribution in [-0.4, -0.2) is 15.0 Å². The highest BCUT2D eigenvalue weighted by Gasteiger charge is 2.01. The van der Waals surface area contributed by atoms with Crippen LogP contribution in [0, 0.1) is 18.3 Å². The van der Waals surface area contributed by atoms with E-state index in [1.165, 1.54) is 0 Å². The summed E-state index contributed by atoms with van der Waals surface area (Å²) in [7, 11) is 0. The monoisotopic (exact) mass is 239 g/mol. The molecular weight excluding hydrogens is 226 g/mol. The van der Waals surface area contributed by atoms with Crippen LogP contribution < -0.4 is 5.32 Å². The molecule has 2 aromatic heterocycles. The van der Waals surface area contributed by atoms with Gasteiger partial charge in [-0.3, -0.25) is 4.98 Å². The Hall–Kier alpha value is -2.32. The predicted molar refractivity (Wildman–Crippen MR) is 66.3 cm³/mol. The normalized spacial score (nSPS) is 10.0. The van der Waals surface area contributed by atoms with Crippen molar-refractivity contribution in [3.05, 3.63) is 53.4 Å². The van der Waals surface area contributed by atoms with Gasteiger partial charge >= 0.3 is 0 Å². The van der Waals surface area contributed by atoms with Gasteiger partial charge in [0.2, 0.25) is 0 Å². The Labute approximate surface area is 106 Å². The first kappa shape index (κ1) is 12.1. The van der Waals surface area contributed by atoms with Crippen LogP contribution in [0.25, 0.3) is 0 Å². The van der Waals surface area contributed by atoms with E-state index in [1.54, 1.807) is 24.5 Å². The summed E-state index contributed by atoms with van der Waals surface area (Å²) in [6.07, 6.45) is 3.43. The van der Waals surface area contributed by atoms with Crippen molar-refractivity contribution in [2.24, 2.45) is 0 Å². The molecule has 18 heavy (non-hydrogen) atoms. The average Bonchev–Trinajstić information content (AvgIpc) is 2.40. The predicted octanol–water partition coefficient (Wildman–Crippen LogP) is 1.34. The summed E-state index contributed by atoms with van der Waals surface area (Å²) in [5.74, 6) is 0.753. The maximum Gasteiger partial charge on any atom is 0.141 e. The minimum absolute atomic E-state index is 0.599. The molecule has 2 aromatic rings. The van der Waals surface area contributed by atoms with Crippen LogP contribution in [-0.2, 0) is 13.1 Å². The van der Waals surface area contributed by atoms with Gasteiger partial charge in [-0.1, -0.05) is 0 Å². The Kier molecular flexibility index (Phi) is 3.94. The summed E-state index contributed by atoms with van der Waals surface area (Å²) >= 11 is 0. The molecule has 0 spiro atoms. The lowest BCUT2D eigenvalue weighted by molar-refractivity contribution is 0.650. The SMILES string of the molecule is Cc1nc(CNCc2ncccn2)ccc1C#N. The smallest absolute Gasteiger partial charge is 0.141 e. The highest BCUT2D eigenvalue weighted by atomic mass is 15.0. The van der Waals surface area contributed by atoms with E-state index < -0.39 is 0 Å². The first-order chi connectivity index (χ1) is 8.79. The van der Waals surface area contributed by atoms with Crippen molar-refractivity contribution >= 4 is 0 Å². The summed E-state index contributed by atoms with van der Waals surface area (Å²) in [5, 5.41) is 12.0. The third kappa shape index (κ3) is 3.09. The lowest BCUT2D eigenvalue weighted by Crippen LogP contribution is -2.15. The van der Waals surface area contributed by atoms with Crippen LogP contribution in [0.2, 0.25) is 0 Å². The molecule has 0 unspecified atom stereocenters. The van der Waals surface area contributed by atoms with E-state index in [2.05, 4.69) is 26.3 Å². The fourth-order valence-electron chi connectivity index (χ4n) is 1.55. The number of nitrogens with one attached hydrogen (secondary N) is 1. The minimum Gasteiger partial charge on any atom is -0.304 e. The van der Waals surface area contributed by atoms with Gasteiger partial charge in [-0.2, -0.15) is 5.26 Å². The molecule has 0 aliphatic carbocycles. The molecule has 0 aliphatic rings. The Morgan fingerprint density at radius 1 is 1.22 bits per heavy atom. The molecule has 0 aromatic carbocycles. The van der Waals surface area contributed by atoms with Gasteiger partial charge in [0.05, 0.1) is 23.5 Å². The second-order valence-corrected chi connectivity index (χ2v) is 3.82. The number of nitriles is 1. The summed E-state index contributed by atoms with van der Waals surface area (Å²) in [6, 6.07) is 7.53. The van der Waals surface area contributed by atoms with Crippen molar-refractivity contribution in [3.8, 4) is 6.07 Å². The van der Waals surface area contributed by atoms with Gasteiger partial charge < -0.3 is 5.32 Å². The zero-order chi connectivity index (χ0) is 12.8. The largest absolute Gasteiger partial charge is 0.304 e. The molecule has 2 heterocycles. The third-order valence-corrected chi connectivity index (χ3v) is 2.47. The summed E-state index contributed by atoms with van der Waals surface area (Å²) < 4.78 is 0. The molecule has 0 radical (unpaired) electrons. The minimum atomic E-state index is 0.599. The zero-order valence-corrected chi connectivity index (χ0v) is 10.1. The Bertz CT molecular complexity index is 559. The van der Waals surface area contributed by atoms with Gasteiger partial charge in [-0.25, -0.2) is 9.97 Å². The molecule has 0 amide bonds. The molecule has 0 atom stereocenters. The fraction of sp³-hybridized carbons (Fsp3) is 0.231. The van der Waals surface area contributed by atoms with E-state index in [-0.39, 0.29) is 0 Å². The molecule has 0 saturated heterocycles. The summed E-state index contributed by atoms with van der Waals surface area (Å²) in [4.78, 5) is 12.6. The van der Waals surface area contributed by atoms with Crippen LogP contribution in [0.15, 0.2) is 30.6 Å². The van der Waals surface area contributed by atoms with Crippen molar-refractivity contribution in [1.82, 2.24) is 20.3 Å². The Morgan fingerprint density at radius 3 is 2.67 bits per heavy atom. The maximum atomic E-state index is 8.81. The molecule has 0 fully saturated rings. The van der Waals surface area contributed by atoms with Crippen molar-refractivity contribution in [3.63, 3.8) is 0 Å². The standard InChI is InChI=1S/C13H13N5/c1-10-11(7-14)3-4-12(18-10)8-15-9-13-16-5-2-6-17-13/h2-6,15H,8-9H2,1H3. The molecule has 0 bridgehead atoms. The zero-order valence-electron chi connectivity index (χ0n) is 10.1. The van der Waals surface area contributed by atoms with Crippen molar-refractivity contribution in [1.29, 1.82) is 5.26 Å². The first-order valence-electron chi connectivity index (χ1n) is 5.63. The van der Waals surface area contributed by atoms with Crippen molar-refractivity contribution < 1.29 is 0 Å². The van der Waals surface area contributed by atoms with Gasteiger partial charge in [0.1, 0.15) is 11.9 Å². The number of aromatic nitrogens is 3. The number of rotatable bonds is 4.